The van der Waals surface area contributed by atoms with E-state index in [1.807, 2.05) is 0 Å². The van der Waals surface area contributed by atoms with E-state index in [4.69, 9.17) is 0 Å². The van der Waals surface area contributed by atoms with E-state index in [0.29, 0.717) is 13.1 Å². The Morgan fingerprint density at radius 1 is 1.07 bits per heavy atom. The molecule has 0 rings (SSSR count). The average Bonchev–Trinajstić information content (AvgIpc) is 2.13. The maximum atomic E-state index is 10.5. The molecule has 3 amide bonds. The fourth-order valence-corrected chi connectivity index (χ4v) is 0.503. The monoisotopic (exact) mass is 203 g/mol. The Hall–Kier alpha value is -1.26. The Morgan fingerprint density at radius 2 is 1.50 bits per heavy atom. The highest BCUT2D eigenvalue weighted by Crippen LogP contribution is 1.62. The lowest BCUT2D eigenvalue weighted by Crippen LogP contribution is -2.38. The summed E-state index contributed by atoms with van der Waals surface area (Å²) in [6.45, 7) is 6.59. The van der Waals surface area contributed by atoms with E-state index in [2.05, 4.69) is 29.8 Å². The first-order chi connectivity index (χ1) is 6.58. The van der Waals surface area contributed by atoms with Crippen LogP contribution in [0.15, 0.2) is 0 Å². The minimum atomic E-state index is -0.240. The summed E-state index contributed by atoms with van der Waals surface area (Å²) in [4.78, 5) is 20.8. The van der Waals surface area contributed by atoms with E-state index in [1.165, 1.54) is 20.4 Å². The van der Waals surface area contributed by atoms with Crippen LogP contribution < -0.4 is 16.0 Å². The van der Waals surface area contributed by atoms with Gasteiger partial charge in [0, 0.05) is 27.1 Å². The number of hydrogen-bond donors (Lipinski definition) is 3. The summed E-state index contributed by atoms with van der Waals surface area (Å²) in [6, 6.07) is -0.240. The van der Waals surface area contributed by atoms with E-state index in [1.54, 1.807) is 0 Å². The van der Waals surface area contributed by atoms with Gasteiger partial charge in [-0.25, -0.2) is 4.79 Å². The van der Waals surface area contributed by atoms with Crippen molar-refractivity contribution in [2.75, 3.05) is 20.1 Å². The molecule has 0 unspecified atom stereocenters. The highest BCUT2D eigenvalue weighted by atomic mass is 16.2. The molecule has 0 aromatic rings. The van der Waals surface area contributed by atoms with E-state index < -0.39 is 0 Å². The van der Waals surface area contributed by atoms with Gasteiger partial charge in [0.2, 0.25) is 5.91 Å². The Labute approximate surface area is 85.6 Å². The van der Waals surface area contributed by atoms with Gasteiger partial charge >= 0.3 is 6.03 Å². The van der Waals surface area contributed by atoms with Gasteiger partial charge in [0.25, 0.3) is 0 Å². The Morgan fingerprint density at radius 3 is 1.86 bits per heavy atom. The van der Waals surface area contributed by atoms with Gasteiger partial charge in [-0.05, 0) is 0 Å². The fraction of sp³-hybridized carbons (Fsp3) is 0.778. The number of hydrogen-bond acceptors (Lipinski definition) is 2. The Bertz CT molecular complexity index is 160. The molecule has 0 heterocycles. The Kier molecular flexibility index (Phi) is 12.8. The van der Waals surface area contributed by atoms with Crippen molar-refractivity contribution in [3.05, 3.63) is 0 Å². The minimum absolute atomic E-state index is 0.0938. The van der Waals surface area contributed by atoms with Gasteiger partial charge < -0.3 is 16.0 Å². The van der Waals surface area contributed by atoms with Crippen LogP contribution >= 0.6 is 0 Å². The largest absolute Gasteiger partial charge is 0.355 e. The summed E-state index contributed by atoms with van der Waals surface area (Å²) in [7, 11) is 1.54. The number of carbonyl (C=O) groups is 2. The summed E-state index contributed by atoms with van der Waals surface area (Å²) in [5.41, 5.74) is 0. The third kappa shape index (κ3) is 17.0. The minimum Gasteiger partial charge on any atom is -0.355 e. The first-order valence-corrected chi connectivity index (χ1v) is 4.78. The molecule has 0 aliphatic rings. The van der Waals surface area contributed by atoms with Crippen molar-refractivity contribution in [3.63, 3.8) is 0 Å². The second kappa shape index (κ2) is 11.7. The number of carbonyl (C=O) groups excluding carboxylic acids is 2. The van der Waals surface area contributed by atoms with Gasteiger partial charge in [0.15, 0.2) is 0 Å². The van der Waals surface area contributed by atoms with E-state index in [0.717, 1.165) is 0 Å². The van der Waals surface area contributed by atoms with Gasteiger partial charge in [-0.2, -0.15) is 0 Å². The fourth-order valence-electron chi connectivity index (χ4n) is 0.503. The predicted molar refractivity (Wildman–Crippen MR) is 57.1 cm³/mol. The van der Waals surface area contributed by atoms with Crippen molar-refractivity contribution in [2.45, 2.75) is 27.2 Å². The molecule has 0 atom stereocenters. The lowest BCUT2D eigenvalue weighted by Gasteiger charge is -2.03. The lowest BCUT2D eigenvalue weighted by atomic mass is 10.6. The highest BCUT2D eigenvalue weighted by Gasteiger charge is 1.93. The number of rotatable bonds is 3. The summed E-state index contributed by atoms with van der Waals surface area (Å²) in [5.74, 6) is -0.0938. The summed E-state index contributed by atoms with van der Waals surface area (Å²) in [6.07, 6.45) is 1.25. The molecular weight excluding hydrogens is 182 g/mol. The highest BCUT2D eigenvalue weighted by molar-refractivity contribution is 5.74. The summed E-state index contributed by atoms with van der Waals surface area (Å²) in [5, 5.41) is 7.46. The molecule has 0 aliphatic carbocycles. The zero-order valence-corrected chi connectivity index (χ0v) is 9.44. The molecule has 0 bridgehead atoms. The quantitative estimate of drug-likeness (QED) is 0.583. The van der Waals surface area contributed by atoms with Gasteiger partial charge in [-0.15, -0.1) is 0 Å². The van der Waals surface area contributed by atoms with Crippen molar-refractivity contribution in [2.24, 2.45) is 0 Å². The normalized spacial score (nSPS) is 8.00. The van der Waals surface area contributed by atoms with Crippen molar-refractivity contribution >= 4 is 11.9 Å². The number of amides is 3. The maximum Gasteiger partial charge on any atom is 0.314 e. The molecule has 0 radical (unpaired) electrons. The molecule has 84 valence electrons. The second-order valence-corrected chi connectivity index (χ2v) is 2.70. The molecule has 0 fully saturated rings. The summed E-state index contributed by atoms with van der Waals surface area (Å²) >= 11 is 0. The first kappa shape index (κ1) is 15.2. The molecule has 0 aromatic carbocycles. The standard InChI is InChI=1S/C6H13N3O2.C3H8/c1-5(10)8-3-4-9-6(11)7-2;1-3-2/h3-4H2,1-2H3,(H,8,10)(H2,7,9,11);3H2,1-2H3. The van der Waals surface area contributed by atoms with Crippen LogP contribution in [0.4, 0.5) is 4.79 Å². The van der Waals surface area contributed by atoms with Crippen molar-refractivity contribution in [1.82, 2.24) is 16.0 Å². The van der Waals surface area contributed by atoms with Gasteiger partial charge in [0.1, 0.15) is 0 Å². The third-order valence-corrected chi connectivity index (χ3v) is 1.01. The zero-order valence-electron chi connectivity index (χ0n) is 9.44. The molecule has 0 saturated heterocycles. The van der Waals surface area contributed by atoms with Crippen LogP contribution in [0.2, 0.25) is 0 Å². The molecule has 5 nitrogen and oxygen atoms in total. The number of urea groups is 1. The predicted octanol–water partition coefficient (Wildman–Crippen LogP) is 0.468. The molecule has 0 aliphatic heterocycles. The Balaban J connectivity index is 0. The van der Waals surface area contributed by atoms with Gasteiger partial charge in [-0.1, -0.05) is 20.3 Å². The second-order valence-electron chi connectivity index (χ2n) is 2.70. The molecular formula is C9H21N3O2. The van der Waals surface area contributed by atoms with E-state index in [-0.39, 0.29) is 11.9 Å². The number of nitrogens with one attached hydrogen (secondary N) is 3. The van der Waals surface area contributed by atoms with Crippen molar-refractivity contribution < 1.29 is 9.59 Å². The first-order valence-electron chi connectivity index (χ1n) is 4.78. The molecule has 0 spiro atoms. The smallest absolute Gasteiger partial charge is 0.314 e. The van der Waals surface area contributed by atoms with Crippen LogP contribution in [-0.4, -0.2) is 32.1 Å². The molecule has 0 saturated carbocycles. The van der Waals surface area contributed by atoms with Crippen LogP contribution in [0.1, 0.15) is 27.2 Å². The zero-order chi connectivity index (χ0) is 11.4. The van der Waals surface area contributed by atoms with Crippen LogP contribution in [-0.2, 0) is 4.79 Å². The third-order valence-electron chi connectivity index (χ3n) is 1.01. The van der Waals surface area contributed by atoms with Gasteiger partial charge in [0.05, 0.1) is 0 Å². The molecule has 14 heavy (non-hydrogen) atoms. The van der Waals surface area contributed by atoms with Crippen LogP contribution in [0, 0.1) is 0 Å². The average molecular weight is 203 g/mol. The van der Waals surface area contributed by atoms with Crippen LogP contribution in [0.25, 0.3) is 0 Å². The molecule has 3 N–H and O–H groups in total. The maximum absolute atomic E-state index is 10.5. The van der Waals surface area contributed by atoms with E-state index >= 15 is 0 Å². The van der Waals surface area contributed by atoms with Crippen molar-refractivity contribution in [3.8, 4) is 0 Å². The molecule has 5 heteroatoms. The SMILES string of the molecule is CCC.CNC(=O)NCCNC(C)=O. The lowest BCUT2D eigenvalue weighted by molar-refractivity contribution is -0.118. The summed E-state index contributed by atoms with van der Waals surface area (Å²) < 4.78 is 0. The molecule has 0 aromatic heterocycles. The van der Waals surface area contributed by atoms with Gasteiger partial charge in [-0.3, -0.25) is 4.79 Å². The van der Waals surface area contributed by atoms with Crippen LogP contribution in [0.3, 0.4) is 0 Å². The topological polar surface area (TPSA) is 70.2 Å². The van der Waals surface area contributed by atoms with Crippen molar-refractivity contribution in [1.29, 1.82) is 0 Å². The van der Waals surface area contributed by atoms with Crippen LogP contribution in [0.5, 0.6) is 0 Å². The van der Waals surface area contributed by atoms with E-state index in [9.17, 15) is 9.59 Å².